The van der Waals surface area contributed by atoms with E-state index >= 15 is 0 Å². The molecule has 0 spiro atoms. The highest BCUT2D eigenvalue weighted by molar-refractivity contribution is 9.10. The Kier molecular flexibility index (Phi) is 5.82. The molecule has 1 rings (SSSR count). The standard InChI is InChI=1S/C13H16BrNO4/c1-4-7-18-15-8(5-2)10-12(16)11(14)9(6-3)19-13(10)17/h4,16H,1,5-7H2,2-3H3. The molecule has 0 radical (unpaired) electrons. The quantitative estimate of drug-likeness (QED) is 0.377. The van der Waals surface area contributed by atoms with Crippen molar-refractivity contribution in [3.63, 3.8) is 0 Å². The monoisotopic (exact) mass is 329 g/mol. The normalized spacial score (nSPS) is 11.4. The molecule has 0 aromatic carbocycles. The van der Waals surface area contributed by atoms with Crippen molar-refractivity contribution in [2.24, 2.45) is 5.16 Å². The largest absolute Gasteiger partial charge is 0.506 e. The summed E-state index contributed by atoms with van der Waals surface area (Å²) in [7, 11) is 0. The van der Waals surface area contributed by atoms with Crippen molar-refractivity contribution in [3.05, 3.63) is 38.9 Å². The van der Waals surface area contributed by atoms with Gasteiger partial charge in [-0.1, -0.05) is 31.7 Å². The Balaban J connectivity index is 3.32. The first-order valence-electron chi connectivity index (χ1n) is 5.91. The molecule has 0 bridgehead atoms. The van der Waals surface area contributed by atoms with E-state index in [0.29, 0.717) is 28.8 Å². The maximum Gasteiger partial charge on any atom is 0.349 e. The Morgan fingerprint density at radius 2 is 2.26 bits per heavy atom. The van der Waals surface area contributed by atoms with E-state index in [0.717, 1.165) is 0 Å². The molecule has 1 N–H and O–H groups in total. The Hall–Kier alpha value is -1.56. The van der Waals surface area contributed by atoms with Gasteiger partial charge in [-0.2, -0.15) is 0 Å². The summed E-state index contributed by atoms with van der Waals surface area (Å²) in [5.74, 6) is 0.226. The van der Waals surface area contributed by atoms with Crippen LogP contribution < -0.4 is 5.63 Å². The van der Waals surface area contributed by atoms with E-state index in [1.165, 1.54) is 6.08 Å². The van der Waals surface area contributed by atoms with Gasteiger partial charge >= 0.3 is 5.63 Å². The zero-order valence-electron chi connectivity index (χ0n) is 10.9. The van der Waals surface area contributed by atoms with Crippen LogP contribution in [-0.2, 0) is 11.3 Å². The lowest BCUT2D eigenvalue weighted by molar-refractivity contribution is 0.174. The molecule has 1 aromatic rings. The third-order valence-corrected chi connectivity index (χ3v) is 3.24. The summed E-state index contributed by atoms with van der Waals surface area (Å²) in [6.45, 7) is 7.35. The first-order chi connectivity index (χ1) is 9.06. The summed E-state index contributed by atoms with van der Waals surface area (Å²) in [6.07, 6.45) is 2.46. The van der Waals surface area contributed by atoms with Crippen LogP contribution in [0.2, 0.25) is 0 Å². The number of aromatic hydroxyl groups is 1. The zero-order valence-corrected chi connectivity index (χ0v) is 12.5. The Bertz CT molecular complexity index is 548. The van der Waals surface area contributed by atoms with Gasteiger partial charge in [-0.25, -0.2) is 4.79 Å². The van der Waals surface area contributed by atoms with Crippen LogP contribution in [-0.4, -0.2) is 17.4 Å². The van der Waals surface area contributed by atoms with Crippen LogP contribution in [0.4, 0.5) is 0 Å². The maximum atomic E-state index is 11.9. The molecule has 0 amide bonds. The number of halogens is 1. The molecular weight excluding hydrogens is 314 g/mol. The molecular formula is C13H16BrNO4. The summed E-state index contributed by atoms with van der Waals surface area (Å²) >= 11 is 3.21. The van der Waals surface area contributed by atoms with Crippen LogP contribution in [0.1, 0.15) is 31.6 Å². The third-order valence-electron chi connectivity index (χ3n) is 2.42. The molecule has 5 nitrogen and oxygen atoms in total. The summed E-state index contributed by atoms with van der Waals surface area (Å²) in [6, 6.07) is 0. The molecule has 104 valence electrons. The van der Waals surface area contributed by atoms with Crippen LogP contribution in [0, 0.1) is 0 Å². The lowest BCUT2D eigenvalue weighted by atomic mass is 10.1. The van der Waals surface area contributed by atoms with Crippen LogP contribution >= 0.6 is 15.9 Å². The molecule has 0 unspecified atom stereocenters. The van der Waals surface area contributed by atoms with E-state index in [2.05, 4.69) is 27.7 Å². The second kappa shape index (κ2) is 7.13. The summed E-state index contributed by atoms with van der Waals surface area (Å²) in [5, 5.41) is 13.9. The highest BCUT2D eigenvalue weighted by atomic mass is 79.9. The van der Waals surface area contributed by atoms with Gasteiger partial charge in [0, 0.05) is 6.42 Å². The fourth-order valence-electron chi connectivity index (χ4n) is 1.48. The first kappa shape index (κ1) is 15.5. The van der Waals surface area contributed by atoms with E-state index in [1.807, 2.05) is 6.92 Å². The van der Waals surface area contributed by atoms with Crippen molar-refractivity contribution in [2.75, 3.05) is 6.61 Å². The predicted octanol–water partition coefficient (Wildman–Crippen LogP) is 2.99. The van der Waals surface area contributed by atoms with Crippen LogP contribution in [0.5, 0.6) is 5.75 Å². The van der Waals surface area contributed by atoms with Gasteiger partial charge < -0.3 is 14.4 Å². The molecule has 0 atom stereocenters. The average Bonchev–Trinajstić information content (AvgIpc) is 2.41. The second-order valence-corrected chi connectivity index (χ2v) is 4.47. The molecule has 1 aromatic heterocycles. The van der Waals surface area contributed by atoms with E-state index < -0.39 is 5.63 Å². The molecule has 0 aliphatic rings. The molecule has 0 aliphatic carbocycles. The van der Waals surface area contributed by atoms with Gasteiger partial charge in [-0.05, 0) is 22.4 Å². The van der Waals surface area contributed by atoms with E-state index in [-0.39, 0.29) is 17.9 Å². The van der Waals surface area contributed by atoms with Crippen LogP contribution in [0.25, 0.3) is 0 Å². The summed E-state index contributed by atoms with van der Waals surface area (Å²) in [4.78, 5) is 16.9. The van der Waals surface area contributed by atoms with Gasteiger partial charge in [0.2, 0.25) is 0 Å². The SMILES string of the molecule is C=CCON=C(CC)c1c(O)c(Br)c(CC)oc1=O. The highest BCUT2D eigenvalue weighted by Gasteiger charge is 2.20. The van der Waals surface area contributed by atoms with E-state index in [4.69, 9.17) is 9.25 Å². The fraction of sp³-hybridized carbons (Fsp3) is 0.385. The number of aryl methyl sites for hydroxylation is 1. The predicted molar refractivity (Wildman–Crippen MR) is 76.7 cm³/mol. The number of nitrogens with zero attached hydrogens (tertiary/aromatic N) is 1. The van der Waals surface area contributed by atoms with Crippen LogP contribution in [0.3, 0.4) is 0 Å². The van der Waals surface area contributed by atoms with Gasteiger partial charge in [-0.15, -0.1) is 0 Å². The lowest BCUT2D eigenvalue weighted by Gasteiger charge is -2.08. The van der Waals surface area contributed by atoms with Gasteiger partial charge in [0.05, 0.1) is 10.2 Å². The number of hydrogen-bond donors (Lipinski definition) is 1. The molecule has 0 fully saturated rings. The van der Waals surface area contributed by atoms with Gasteiger partial charge in [0.25, 0.3) is 0 Å². The Morgan fingerprint density at radius 1 is 1.58 bits per heavy atom. The van der Waals surface area contributed by atoms with Crippen molar-refractivity contribution in [1.82, 2.24) is 0 Å². The van der Waals surface area contributed by atoms with Crippen molar-refractivity contribution >= 4 is 21.6 Å². The Morgan fingerprint density at radius 3 is 2.79 bits per heavy atom. The number of rotatable bonds is 6. The smallest absolute Gasteiger partial charge is 0.349 e. The highest BCUT2D eigenvalue weighted by Crippen LogP contribution is 2.30. The average molecular weight is 330 g/mol. The molecule has 1 heterocycles. The summed E-state index contributed by atoms with van der Waals surface area (Å²) < 4.78 is 5.51. The topological polar surface area (TPSA) is 72.0 Å². The minimum atomic E-state index is -0.625. The minimum Gasteiger partial charge on any atom is -0.506 e. The van der Waals surface area contributed by atoms with E-state index in [9.17, 15) is 9.90 Å². The van der Waals surface area contributed by atoms with E-state index in [1.54, 1.807) is 6.92 Å². The van der Waals surface area contributed by atoms with Crippen molar-refractivity contribution in [2.45, 2.75) is 26.7 Å². The minimum absolute atomic E-state index is 0.0237. The van der Waals surface area contributed by atoms with Gasteiger partial charge in [-0.3, -0.25) is 0 Å². The Labute approximate surface area is 119 Å². The third kappa shape index (κ3) is 3.47. The second-order valence-electron chi connectivity index (χ2n) is 3.68. The zero-order chi connectivity index (χ0) is 14.4. The molecule has 19 heavy (non-hydrogen) atoms. The van der Waals surface area contributed by atoms with Crippen molar-refractivity contribution < 1.29 is 14.4 Å². The number of oxime groups is 1. The van der Waals surface area contributed by atoms with Crippen molar-refractivity contribution in [3.8, 4) is 5.75 Å². The maximum absolute atomic E-state index is 11.9. The van der Waals surface area contributed by atoms with Crippen molar-refractivity contribution in [1.29, 1.82) is 0 Å². The van der Waals surface area contributed by atoms with Gasteiger partial charge in [0.1, 0.15) is 23.7 Å². The molecule has 0 saturated carbocycles. The van der Waals surface area contributed by atoms with Crippen LogP contribution in [0.15, 0.2) is 31.5 Å². The fourth-order valence-corrected chi connectivity index (χ4v) is 2.04. The molecule has 6 heteroatoms. The summed E-state index contributed by atoms with van der Waals surface area (Å²) in [5.41, 5.74) is -0.271. The number of hydrogen-bond acceptors (Lipinski definition) is 5. The molecule has 0 aliphatic heterocycles. The molecule has 0 saturated heterocycles. The first-order valence-corrected chi connectivity index (χ1v) is 6.70. The lowest BCUT2D eigenvalue weighted by Crippen LogP contribution is -2.16. The van der Waals surface area contributed by atoms with Gasteiger partial charge in [0.15, 0.2) is 0 Å².